The second-order valence-corrected chi connectivity index (χ2v) is 6.48. The van der Waals surface area contributed by atoms with Crippen molar-refractivity contribution in [3.8, 4) is 5.75 Å². The van der Waals surface area contributed by atoms with Crippen molar-refractivity contribution in [2.24, 2.45) is 23.5 Å². The van der Waals surface area contributed by atoms with Crippen LogP contribution >= 0.6 is 0 Å². The Kier molecular flexibility index (Phi) is 5.03. The predicted octanol–water partition coefficient (Wildman–Crippen LogP) is 4.12. The molecule has 1 saturated carbocycles. The van der Waals surface area contributed by atoms with Gasteiger partial charge in [0.15, 0.2) is 0 Å². The van der Waals surface area contributed by atoms with Gasteiger partial charge >= 0.3 is 0 Å². The highest BCUT2D eigenvalue weighted by Crippen LogP contribution is 2.36. The van der Waals surface area contributed by atoms with E-state index in [1.54, 1.807) is 0 Å². The molecule has 0 aromatic heterocycles. The molecule has 0 radical (unpaired) electrons. The number of halogens is 1. The van der Waals surface area contributed by atoms with Crippen LogP contribution in [0.2, 0.25) is 0 Å². The number of hydrogen-bond acceptors (Lipinski definition) is 2. The van der Waals surface area contributed by atoms with Gasteiger partial charge in [0.2, 0.25) is 0 Å². The van der Waals surface area contributed by atoms with Crippen molar-refractivity contribution in [2.45, 2.75) is 52.7 Å². The molecule has 1 aromatic rings. The molecule has 1 fully saturated rings. The van der Waals surface area contributed by atoms with Gasteiger partial charge in [0.1, 0.15) is 17.7 Å². The Balaban J connectivity index is 2.15. The molecule has 0 heterocycles. The lowest BCUT2D eigenvalue weighted by Gasteiger charge is -2.37. The van der Waals surface area contributed by atoms with Gasteiger partial charge in [0.25, 0.3) is 0 Å². The fourth-order valence-corrected chi connectivity index (χ4v) is 3.23. The van der Waals surface area contributed by atoms with E-state index in [-0.39, 0.29) is 11.9 Å². The van der Waals surface area contributed by atoms with Crippen LogP contribution in [0.5, 0.6) is 5.75 Å². The molecule has 0 aliphatic heterocycles. The number of hydrogen-bond donors (Lipinski definition) is 1. The second kappa shape index (κ2) is 6.57. The van der Waals surface area contributed by atoms with Gasteiger partial charge in [0, 0.05) is 12.6 Å². The highest BCUT2D eigenvalue weighted by atomic mass is 19.1. The van der Waals surface area contributed by atoms with Gasteiger partial charge in [0.05, 0.1) is 0 Å². The maximum atomic E-state index is 13.6. The van der Waals surface area contributed by atoms with E-state index < -0.39 is 0 Å². The Morgan fingerprint density at radius 2 is 2.05 bits per heavy atom. The maximum Gasteiger partial charge on any atom is 0.127 e. The molecule has 0 amide bonds. The first kappa shape index (κ1) is 15.3. The highest BCUT2D eigenvalue weighted by Gasteiger charge is 2.32. The van der Waals surface area contributed by atoms with Gasteiger partial charge in [-0.3, -0.25) is 0 Å². The smallest absolute Gasteiger partial charge is 0.127 e. The van der Waals surface area contributed by atoms with Crippen molar-refractivity contribution < 1.29 is 9.13 Å². The van der Waals surface area contributed by atoms with Crippen LogP contribution in [0.3, 0.4) is 0 Å². The van der Waals surface area contributed by atoms with Crippen molar-refractivity contribution in [1.29, 1.82) is 0 Å². The standard InChI is InChI=1S/C17H26FNO/c1-11(2)16-5-4-12(3)6-17(16)20-15-8-13(10-19)7-14(18)9-15/h7-9,11-12,16-17H,4-6,10,19H2,1-3H3. The largest absolute Gasteiger partial charge is 0.490 e. The first-order valence-electron chi connectivity index (χ1n) is 7.65. The van der Waals surface area contributed by atoms with Gasteiger partial charge in [-0.25, -0.2) is 4.39 Å². The quantitative estimate of drug-likeness (QED) is 0.899. The summed E-state index contributed by atoms with van der Waals surface area (Å²) in [5, 5.41) is 0. The highest BCUT2D eigenvalue weighted by molar-refractivity contribution is 5.29. The van der Waals surface area contributed by atoms with E-state index in [4.69, 9.17) is 10.5 Å². The molecule has 0 bridgehead atoms. The molecule has 0 spiro atoms. The molecular formula is C17H26FNO. The summed E-state index contributed by atoms with van der Waals surface area (Å²) < 4.78 is 19.7. The zero-order chi connectivity index (χ0) is 14.7. The lowest BCUT2D eigenvalue weighted by atomic mass is 9.75. The molecule has 2 rings (SSSR count). The summed E-state index contributed by atoms with van der Waals surface area (Å²) in [5.74, 6) is 2.17. The molecule has 20 heavy (non-hydrogen) atoms. The van der Waals surface area contributed by atoms with Crippen molar-refractivity contribution in [2.75, 3.05) is 0 Å². The first-order valence-corrected chi connectivity index (χ1v) is 7.65. The minimum atomic E-state index is -0.270. The van der Waals surface area contributed by atoms with Gasteiger partial charge in [-0.15, -0.1) is 0 Å². The Morgan fingerprint density at radius 1 is 1.30 bits per heavy atom. The van der Waals surface area contributed by atoms with E-state index in [9.17, 15) is 4.39 Å². The summed E-state index contributed by atoms with van der Waals surface area (Å²) in [7, 11) is 0. The zero-order valence-electron chi connectivity index (χ0n) is 12.7. The monoisotopic (exact) mass is 279 g/mol. The van der Waals surface area contributed by atoms with E-state index >= 15 is 0 Å². The number of benzene rings is 1. The average molecular weight is 279 g/mol. The molecule has 3 unspecified atom stereocenters. The SMILES string of the molecule is CC1CCC(C(C)C)C(Oc2cc(F)cc(CN)c2)C1. The molecule has 3 heteroatoms. The zero-order valence-corrected chi connectivity index (χ0v) is 12.7. The first-order chi connectivity index (χ1) is 9.49. The van der Waals surface area contributed by atoms with Crippen molar-refractivity contribution in [1.82, 2.24) is 0 Å². The van der Waals surface area contributed by atoms with Crippen molar-refractivity contribution in [3.63, 3.8) is 0 Å². The third-order valence-electron chi connectivity index (χ3n) is 4.42. The molecule has 3 atom stereocenters. The van der Waals surface area contributed by atoms with E-state index in [0.717, 1.165) is 12.0 Å². The lowest BCUT2D eigenvalue weighted by molar-refractivity contribution is 0.0457. The van der Waals surface area contributed by atoms with Gasteiger partial charge in [-0.2, -0.15) is 0 Å². The van der Waals surface area contributed by atoms with Crippen molar-refractivity contribution >= 4 is 0 Å². The summed E-state index contributed by atoms with van der Waals surface area (Å²) in [5.41, 5.74) is 6.38. The summed E-state index contributed by atoms with van der Waals surface area (Å²) in [6, 6.07) is 4.80. The van der Waals surface area contributed by atoms with Crippen LogP contribution in [0.25, 0.3) is 0 Å². The molecule has 0 saturated heterocycles. The van der Waals surface area contributed by atoms with E-state index in [0.29, 0.717) is 30.0 Å². The minimum Gasteiger partial charge on any atom is -0.490 e. The number of ether oxygens (including phenoxy) is 1. The minimum absolute atomic E-state index is 0.186. The Labute approximate surface area is 121 Å². The third-order valence-corrected chi connectivity index (χ3v) is 4.42. The van der Waals surface area contributed by atoms with Gasteiger partial charge < -0.3 is 10.5 Å². The van der Waals surface area contributed by atoms with Crippen LogP contribution < -0.4 is 10.5 Å². The summed E-state index contributed by atoms with van der Waals surface area (Å²) in [4.78, 5) is 0. The third kappa shape index (κ3) is 3.72. The summed E-state index contributed by atoms with van der Waals surface area (Å²) in [6.45, 7) is 7.09. The van der Waals surface area contributed by atoms with E-state index in [1.165, 1.54) is 25.0 Å². The average Bonchev–Trinajstić information content (AvgIpc) is 2.37. The second-order valence-electron chi connectivity index (χ2n) is 6.48. The van der Waals surface area contributed by atoms with Crippen molar-refractivity contribution in [3.05, 3.63) is 29.6 Å². The van der Waals surface area contributed by atoms with Crippen LogP contribution in [0.1, 0.15) is 45.6 Å². The number of rotatable bonds is 4. The Morgan fingerprint density at radius 3 is 2.70 bits per heavy atom. The molecule has 112 valence electrons. The van der Waals surface area contributed by atoms with Crippen LogP contribution in [0.4, 0.5) is 4.39 Å². The van der Waals surface area contributed by atoms with Crippen LogP contribution in [0.15, 0.2) is 18.2 Å². The Hall–Kier alpha value is -1.09. The molecule has 1 aliphatic rings. The number of nitrogens with two attached hydrogens (primary N) is 1. The van der Waals surface area contributed by atoms with Crippen LogP contribution in [0, 0.1) is 23.6 Å². The fourth-order valence-electron chi connectivity index (χ4n) is 3.23. The fraction of sp³-hybridized carbons (Fsp3) is 0.647. The van der Waals surface area contributed by atoms with E-state index in [1.807, 2.05) is 6.07 Å². The molecule has 2 N–H and O–H groups in total. The van der Waals surface area contributed by atoms with Gasteiger partial charge in [-0.1, -0.05) is 27.2 Å². The summed E-state index contributed by atoms with van der Waals surface area (Å²) in [6.07, 6.45) is 3.70. The molecule has 2 nitrogen and oxygen atoms in total. The van der Waals surface area contributed by atoms with Crippen LogP contribution in [-0.4, -0.2) is 6.10 Å². The Bertz CT molecular complexity index is 447. The molecular weight excluding hydrogens is 253 g/mol. The maximum absolute atomic E-state index is 13.6. The summed E-state index contributed by atoms with van der Waals surface area (Å²) >= 11 is 0. The molecule has 1 aliphatic carbocycles. The van der Waals surface area contributed by atoms with Gasteiger partial charge in [-0.05, 0) is 48.3 Å². The predicted molar refractivity (Wildman–Crippen MR) is 80.1 cm³/mol. The van der Waals surface area contributed by atoms with E-state index in [2.05, 4.69) is 20.8 Å². The molecule has 1 aromatic carbocycles. The van der Waals surface area contributed by atoms with Crippen LogP contribution in [-0.2, 0) is 6.54 Å². The topological polar surface area (TPSA) is 35.2 Å². The lowest BCUT2D eigenvalue weighted by Crippen LogP contribution is -2.36. The normalized spacial score (nSPS) is 26.8.